The van der Waals surface area contributed by atoms with E-state index in [2.05, 4.69) is 50.3 Å². The summed E-state index contributed by atoms with van der Waals surface area (Å²) in [6.07, 6.45) is 3.52. The van der Waals surface area contributed by atoms with Crippen molar-refractivity contribution in [3.8, 4) is 17.7 Å². The summed E-state index contributed by atoms with van der Waals surface area (Å²) in [6.45, 7) is 9.17. The minimum absolute atomic E-state index is 0.117. The lowest BCUT2D eigenvalue weighted by atomic mass is 10.1. The number of pyridine rings is 1. The van der Waals surface area contributed by atoms with Gasteiger partial charge >= 0.3 is 0 Å². The first-order valence-electron chi connectivity index (χ1n) is 12.1. The molecule has 196 valence electrons. The highest BCUT2D eigenvalue weighted by Crippen LogP contribution is 2.27. The summed E-state index contributed by atoms with van der Waals surface area (Å²) in [4.78, 5) is 48.7. The third-order valence-electron chi connectivity index (χ3n) is 5.98. The minimum Gasteiger partial charge on any atom is -0.344 e. The van der Waals surface area contributed by atoms with Crippen LogP contribution in [0.4, 0.5) is 0 Å². The standard InChI is InChI=1S/C25H30N6O4S2/c1-4-34-29-35-18-8-12-30(13-9-18)14-11-27-21(32)6-5-19-17(3)37-23-22(19)24(33)31(25(36)28-23)20-15-16(2)7-10-26-20/h7,10,15,18,29H,4,8-9,11-14H2,1-3H3,(H,27,32)(H,28,36). The molecule has 3 aromatic rings. The summed E-state index contributed by atoms with van der Waals surface area (Å²) in [5, 5.41) is 3.46. The molecule has 1 amide bonds. The van der Waals surface area contributed by atoms with E-state index in [1.807, 2.05) is 26.8 Å². The van der Waals surface area contributed by atoms with E-state index in [1.165, 1.54) is 15.9 Å². The molecule has 1 saturated heterocycles. The second-order valence-corrected chi connectivity index (χ2v) is 10.2. The number of likely N-dealkylation sites (tertiary alicyclic amines) is 1. The maximum Gasteiger partial charge on any atom is 0.296 e. The van der Waals surface area contributed by atoms with Gasteiger partial charge in [0, 0.05) is 43.2 Å². The molecule has 0 spiro atoms. The summed E-state index contributed by atoms with van der Waals surface area (Å²) in [7, 11) is 0. The third kappa shape index (κ3) is 6.75. The fraction of sp³-hybridized carbons (Fsp3) is 0.440. The molecule has 12 heteroatoms. The molecular weight excluding hydrogens is 512 g/mol. The van der Waals surface area contributed by atoms with Crippen LogP contribution < -0.4 is 16.5 Å². The minimum atomic E-state index is -0.391. The van der Waals surface area contributed by atoms with Crippen molar-refractivity contribution < 1.29 is 14.5 Å². The van der Waals surface area contributed by atoms with E-state index in [1.54, 1.807) is 12.3 Å². The second kappa shape index (κ2) is 12.6. The smallest absolute Gasteiger partial charge is 0.296 e. The van der Waals surface area contributed by atoms with Gasteiger partial charge in [0.15, 0.2) is 5.16 Å². The number of carbonyl (C=O) groups excluding carboxylic acids is 1. The number of amides is 1. The van der Waals surface area contributed by atoms with Gasteiger partial charge in [-0.15, -0.1) is 24.0 Å². The van der Waals surface area contributed by atoms with Gasteiger partial charge in [-0.1, -0.05) is 11.6 Å². The van der Waals surface area contributed by atoms with Crippen molar-refractivity contribution >= 4 is 40.1 Å². The van der Waals surface area contributed by atoms with Crippen molar-refractivity contribution in [3.05, 3.63) is 44.7 Å². The zero-order valence-electron chi connectivity index (χ0n) is 21.0. The van der Waals surface area contributed by atoms with Gasteiger partial charge in [0.25, 0.3) is 11.5 Å². The summed E-state index contributed by atoms with van der Waals surface area (Å²) in [5.41, 5.74) is 3.66. The normalized spacial score (nSPS) is 14.5. The van der Waals surface area contributed by atoms with Crippen LogP contribution in [0.15, 0.2) is 28.3 Å². The lowest BCUT2D eigenvalue weighted by molar-refractivity contribution is -0.203. The van der Waals surface area contributed by atoms with Crippen LogP contribution in [0.5, 0.6) is 0 Å². The van der Waals surface area contributed by atoms with E-state index in [0.29, 0.717) is 34.7 Å². The van der Waals surface area contributed by atoms with Crippen molar-refractivity contribution in [2.75, 3.05) is 32.8 Å². The Labute approximate surface area is 224 Å². The number of hydrogen-bond acceptors (Lipinski definition) is 10. The molecule has 3 aromatic heterocycles. The number of thiophene rings is 1. The maximum atomic E-state index is 13.4. The van der Waals surface area contributed by atoms with Crippen LogP contribution in [0, 0.1) is 25.7 Å². The number of hydrogen-bond donors (Lipinski definition) is 3. The molecule has 2 N–H and O–H groups in total. The van der Waals surface area contributed by atoms with Crippen molar-refractivity contribution in [1.29, 1.82) is 0 Å². The molecule has 0 radical (unpaired) electrons. The molecule has 10 nitrogen and oxygen atoms in total. The first kappa shape index (κ1) is 27.3. The quantitative estimate of drug-likeness (QED) is 0.131. The Balaban J connectivity index is 1.40. The number of aromatic nitrogens is 3. The molecule has 0 aliphatic carbocycles. The second-order valence-electron chi connectivity index (χ2n) is 8.64. The summed E-state index contributed by atoms with van der Waals surface area (Å²) < 4.78 is 1.36. The van der Waals surface area contributed by atoms with E-state index in [-0.39, 0.29) is 16.8 Å². The number of nitrogens with zero attached hydrogens (tertiary/aromatic N) is 4. The molecule has 37 heavy (non-hydrogen) atoms. The van der Waals surface area contributed by atoms with E-state index in [4.69, 9.17) is 9.68 Å². The maximum absolute atomic E-state index is 13.4. The van der Waals surface area contributed by atoms with Crippen LogP contribution in [-0.2, 0) is 14.5 Å². The van der Waals surface area contributed by atoms with Crippen molar-refractivity contribution in [2.45, 2.75) is 44.9 Å². The molecule has 0 bridgehead atoms. The molecule has 0 atom stereocenters. The number of piperidine rings is 1. The zero-order valence-corrected chi connectivity index (χ0v) is 22.7. The molecule has 4 rings (SSSR count). The van der Waals surface area contributed by atoms with Crippen LogP contribution in [0.25, 0.3) is 16.0 Å². The monoisotopic (exact) mass is 542 g/mol. The molecule has 0 unspecified atom stereocenters. The molecule has 0 aromatic carbocycles. The van der Waals surface area contributed by atoms with Crippen LogP contribution in [0.3, 0.4) is 0 Å². The van der Waals surface area contributed by atoms with E-state index in [0.717, 1.165) is 42.9 Å². The van der Waals surface area contributed by atoms with Crippen LogP contribution in [0.1, 0.15) is 35.8 Å². The topological polar surface area (TPSA) is 111 Å². The van der Waals surface area contributed by atoms with Gasteiger partial charge in [0.1, 0.15) is 10.6 Å². The Morgan fingerprint density at radius 3 is 2.84 bits per heavy atom. The number of rotatable bonds is 8. The molecule has 1 aliphatic heterocycles. The van der Waals surface area contributed by atoms with Crippen LogP contribution >= 0.6 is 24.0 Å². The van der Waals surface area contributed by atoms with Gasteiger partial charge in [0.05, 0.1) is 23.7 Å². The lowest BCUT2D eigenvalue weighted by Crippen LogP contribution is -2.42. The predicted octanol–water partition coefficient (Wildman–Crippen LogP) is 2.15. The van der Waals surface area contributed by atoms with Gasteiger partial charge in [-0.25, -0.2) is 14.5 Å². The number of nitrogens with one attached hydrogen (secondary N) is 2. The average molecular weight is 543 g/mol. The predicted molar refractivity (Wildman–Crippen MR) is 145 cm³/mol. The Bertz CT molecular complexity index is 1390. The number of aryl methyl sites for hydroxylation is 2. The van der Waals surface area contributed by atoms with Gasteiger partial charge in [-0.05, 0) is 51.3 Å². The Hall–Kier alpha value is -2.79. The summed E-state index contributed by atoms with van der Waals surface area (Å²) in [5.74, 6) is 5.59. The Kier molecular flexibility index (Phi) is 9.31. The van der Waals surface area contributed by atoms with Crippen molar-refractivity contribution in [1.82, 2.24) is 30.4 Å². The fourth-order valence-electron chi connectivity index (χ4n) is 4.05. The molecule has 4 heterocycles. The van der Waals surface area contributed by atoms with E-state index < -0.39 is 5.91 Å². The molecule has 0 saturated carbocycles. The first-order chi connectivity index (χ1) is 17.9. The van der Waals surface area contributed by atoms with Crippen molar-refractivity contribution in [3.63, 3.8) is 0 Å². The Morgan fingerprint density at radius 2 is 2.11 bits per heavy atom. The van der Waals surface area contributed by atoms with E-state index in [9.17, 15) is 9.59 Å². The number of thiol groups is 1. The SMILES string of the molecule is CCONOC1CCN(CCNC(=O)C#Cc2c(C)sc3nc(S)n(-c4cc(C)ccn4)c(=O)c23)CC1. The average Bonchev–Trinajstić information content (AvgIpc) is 3.18. The van der Waals surface area contributed by atoms with E-state index >= 15 is 0 Å². The largest absolute Gasteiger partial charge is 0.344 e. The number of fused-ring (bicyclic) bond motifs is 1. The van der Waals surface area contributed by atoms with Crippen molar-refractivity contribution in [2.24, 2.45) is 0 Å². The van der Waals surface area contributed by atoms with Crippen LogP contribution in [0.2, 0.25) is 0 Å². The third-order valence-corrected chi connectivity index (χ3v) is 7.28. The Morgan fingerprint density at radius 1 is 1.32 bits per heavy atom. The highest BCUT2D eigenvalue weighted by molar-refractivity contribution is 7.80. The molecular formula is C25H30N6O4S2. The van der Waals surface area contributed by atoms with Gasteiger partial charge in [-0.2, -0.15) is 0 Å². The highest BCUT2D eigenvalue weighted by atomic mass is 32.1. The first-order valence-corrected chi connectivity index (χ1v) is 13.4. The number of carbonyl (C=O) groups is 1. The lowest BCUT2D eigenvalue weighted by Gasteiger charge is -2.31. The molecule has 1 fully saturated rings. The highest BCUT2D eigenvalue weighted by Gasteiger charge is 2.20. The zero-order chi connectivity index (χ0) is 26.4. The fourth-order valence-corrected chi connectivity index (χ4v) is 5.38. The van der Waals surface area contributed by atoms with Crippen LogP contribution in [-0.4, -0.2) is 64.2 Å². The molecule has 1 aliphatic rings. The van der Waals surface area contributed by atoms with Gasteiger partial charge in [-0.3, -0.25) is 19.3 Å². The summed E-state index contributed by atoms with van der Waals surface area (Å²) in [6, 6.07) is 3.64. The van der Waals surface area contributed by atoms with Gasteiger partial charge in [0.2, 0.25) is 0 Å². The van der Waals surface area contributed by atoms with Gasteiger partial charge < -0.3 is 10.2 Å². The summed E-state index contributed by atoms with van der Waals surface area (Å²) >= 11 is 5.77.